The van der Waals surface area contributed by atoms with Gasteiger partial charge in [0.25, 0.3) is 0 Å². The number of morpholine rings is 1. The van der Waals surface area contributed by atoms with Crippen LogP contribution in [0.15, 0.2) is 29.3 Å². The maximum atomic E-state index is 11.8. The molecule has 1 aromatic carbocycles. The SMILES string of the molecule is CCOC(=O)N1CCC(NC(N)=NCC(c2ccc(C)cc2)N2CCOCC2)CC1. The molecule has 2 heterocycles. The molecule has 3 N–H and O–H groups in total. The Bertz CT molecular complexity index is 695. The van der Waals surface area contributed by atoms with E-state index in [2.05, 4.69) is 46.4 Å². The number of hydrogen-bond donors (Lipinski definition) is 2. The van der Waals surface area contributed by atoms with E-state index in [1.165, 1.54) is 11.1 Å². The highest BCUT2D eigenvalue weighted by Gasteiger charge is 2.25. The summed E-state index contributed by atoms with van der Waals surface area (Å²) < 4.78 is 10.6. The molecule has 2 fully saturated rings. The highest BCUT2D eigenvalue weighted by atomic mass is 16.6. The van der Waals surface area contributed by atoms with Gasteiger partial charge in [-0.15, -0.1) is 0 Å². The molecule has 3 rings (SSSR count). The summed E-state index contributed by atoms with van der Waals surface area (Å²) in [5.41, 5.74) is 8.72. The lowest BCUT2D eigenvalue weighted by Crippen LogP contribution is -2.48. The number of aliphatic imine (C=N–C) groups is 1. The molecule has 0 saturated carbocycles. The van der Waals surface area contributed by atoms with Gasteiger partial charge in [-0.2, -0.15) is 0 Å². The van der Waals surface area contributed by atoms with Gasteiger partial charge in [0.05, 0.1) is 32.4 Å². The van der Waals surface area contributed by atoms with Gasteiger partial charge in [-0.05, 0) is 32.3 Å². The first kappa shape index (κ1) is 22.4. The van der Waals surface area contributed by atoms with Crippen molar-refractivity contribution < 1.29 is 14.3 Å². The third-order valence-electron chi connectivity index (χ3n) is 5.76. The van der Waals surface area contributed by atoms with Crippen molar-refractivity contribution in [2.24, 2.45) is 10.7 Å². The van der Waals surface area contributed by atoms with Crippen LogP contribution >= 0.6 is 0 Å². The minimum absolute atomic E-state index is 0.181. The summed E-state index contributed by atoms with van der Waals surface area (Å²) in [6.45, 7) is 9.56. The molecular weight excluding hydrogens is 382 g/mol. The van der Waals surface area contributed by atoms with Gasteiger partial charge in [0.1, 0.15) is 0 Å². The minimum Gasteiger partial charge on any atom is -0.450 e. The van der Waals surface area contributed by atoms with Crippen molar-refractivity contribution in [2.75, 3.05) is 52.5 Å². The fraction of sp³-hybridized carbons (Fsp3) is 0.636. The van der Waals surface area contributed by atoms with E-state index < -0.39 is 0 Å². The fourth-order valence-corrected chi connectivity index (χ4v) is 3.97. The molecule has 8 nitrogen and oxygen atoms in total. The number of guanidine groups is 1. The van der Waals surface area contributed by atoms with E-state index in [0.29, 0.717) is 32.2 Å². The van der Waals surface area contributed by atoms with Crippen LogP contribution in [0, 0.1) is 6.92 Å². The fourth-order valence-electron chi connectivity index (χ4n) is 3.97. The van der Waals surface area contributed by atoms with Crippen molar-refractivity contribution in [3.05, 3.63) is 35.4 Å². The number of nitrogens with zero attached hydrogens (tertiary/aromatic N) is 3. The van der Waals surface area contributed by atoms with Crippen LogP contribution in [0.2, 0.25) is 0 Å². The Hall–Kier alpha value is -2.32. The highest BCUT2D eigenvalue weighted by molar-refractivity contribution is 5.78. The highest BCUT2D eigenvalue weighted by Crippen LogP contribution is 2.23. The topological polar surface area (TPSA) is 92.4 Å². The van der Waals surface area contributed by atoms with E-state index >= 15 is 0 Å². The van der Waals surface area contributed by atoms with Crippen molar-refractivity contribution in [3.63, 3.8) is 0 Å². The van der Waals surface area contributed by atoms with Gasteiger partial charge < -0.3 is 25.4 Å². The molecule has 30 heavy (non-hydrogen) atoms. The number of hydrogen-bond acceptors (Lipinski definition) is 5. The lowest BCUT2D eigenvalue weighted by Gasteiger charge is -2.34. The summed E-state index contributed by atoms with van der Waals surface area (Å²) in [4.78, 5) is 20.7. The number of ether oxygens (including phenoxy) is 2. The average Bonchev–Trinajstić information content (AvgIpc) is 2.76. The average molecular weight is 418 g/mol. The number of carbonyl (C=O) groups is 1. The number of carbonyl (C=O) groups excluding carboxylic acids is 1. The predicted molar refractivity (Wildman–Crippen MR) is 118 cm³/mol. The van der Waals surface area contributed by atoms with Crippen molar-refractivity contribution in [1.29, 1.82) is 0 Å². The van der Waals surface area contributed by atoms with E-state index in [-0.39, 0.29) is 18.2 Å². The Morgan fingerprint density at radius 2 is 1.90 bits per heavy atom. The lowest BCUT2D eigenvalue weighted by atomic mass is 10.0. The standard InChI is InChI=1S/C22H35N5O3/c1-3-30-22(28)27-10-8-19(9-11-27)25-21(23)24-16-20(26-12-14-29-15-13-26)18-6-4-17(2)5-7-18/h4-7,19-20H,3,8-16H2,1-2H3,(H3,23,24,25). The quantitative estimate of drug-likeness (QED) is 0.542. The zero-order chi connectivity index (χ0) is 21.3. The first-order chi connectivity index (χ1) is 14.6. The summed E-state index contributed by atoms with van der Waals surface area (Å²) in [5.74, 6) is 0.468. The molecular formula is C22H35N5O3. The van der Waals surface area contributed by atoms with Crippen molar-refractivity contribution in [1.82, 2.24) is 15.1 Å². The van der Waals surface area contributed by atoms with Gasteiger partial charge in [-0.25, -0.2) is 4.79 Å². The smallest absolute Gasteiger partial charge is 0.409 e. The third kappa shape index (κ3) is 6.34. The molecule has 1 amide bonds. The second-order valence-electron chi connectivity index (χ2n) is 7.91. The molecule has 2 saturated heterocycles. The first-order valence-corrected chi connectivity index (χ1v) is 10.9. The van der Waals surface area contributed by atoms with Crippen LogP contribution in [0.5, 0.6) is 0 Å². The summed E-state index contributed by atoms with van der Waals surface area (Å²) >= 11 is 0. The van der Waals surface area contributed by atoms with Crippen LogP contribution in [0.25, 0.3) is 0 Å². The molecule has 0 spiro atoms. The maximum absolute atomic E-state index is 11.8. The number of nitrogens with one attached hydrogen (secondary N) is 1. The minimum atomic E-state index is -0.232. The van der Waals surface area contributed by atoms with Gasteiger partial charge >= 0.3 is 6.09 Å². The Morgan fingerprint density at radius 3 is 2.53 bits per heavy atom. The van der Waals surface area contributed by atoms with Gasteiger partial charge in [0.15, 0.2) is 5.96 Å². The molecule has 8 heteroatoms. The third-order valence-corrected chi connectivity index (χ3v) is 5.76. The van der Waals surface area contributed by atoms with Gasteiger partial charge in [-0.1, -0.05) is 29.8 Å². The molecule has 1 aromatic rings. The molecule has 1 atom stereocenters. The monoisotopic (exact) mass is 417 g/mol. The molecule has 1 unspecified atom stereocenters. The summed E-state index contributed by atoms with van der Waals surface area (Å²) in [7, 11) is 0. The predicted octanol–water partition coefficient (Wildman–Crippen LogP) is 1.89. The molecule has 0 aromatic heterocycles. The number of benzene rings is 1. The normalized spacial score (nSPS) is 20.1. The molecule has 0 bridgehead atoms. The van der Waals surface area contributed by atoms with Crippen LogP contribution < -0.4 is 11.1 Å². The van der Waals surface area contributed by atoms with Crippen molar-refractivity contribution >= 4 is 12.1 Å². The van der Waals surface area contributed by atoms with Gasteiger partial charge in [-0.3, -0.25) is 9.89 Å². The molecule has 2 aliphatic heterocycles. The Labute approximate surface area is 179 Å². The molecule has 0 aliphatic carbocycles. The van der Waals surface area contributed by atoms with Crippen LogP contribution in [0.4, 0.5) is 4.79 Å². The van der Waals surface area contributed by atoms with Crippen LogP contribution in [0.1, 0.15) is 36.9 Å². The van der Waals surface area contributed by atoms with E-state index in [1.807, 2.05) is 6.92 Å². The number of nitrogens with two attached hydrogens (primary N) is 1. The molecule has 0 radical (unpaired) electrons. The zero-order valence-corrected chi connectivity index (χ0v) is 18.2. The summed E-state index contributed by atoms with van der Waals surface area (Å²) in [5, 5.41) is 3.33. The number of amides is 1. The van der Waals surface area contributed by atoms with E-state index in [9.17, 15) is 4.79 Å². The summed E-state index contributed by atoms with van der Waals surface area (Å²) in [6.07, 6.45) is 1.43. The maximum Gasteiger partial charge on any atom is 0.409 e. The van der Waals surface area contributed by atoms with Crippen LogP contribution in [-0.4, -0.2) is 80.4 Å². The lowest BCUT2D eigenvalue weighted by molar-refractivity contribution is 0.0180. The summed E-state index contributed by atoms with van der Waals surface area (Å²) in [6, 6.07) is 9.05. The molecule has 166 valence electrons. The Kier molecular flexibility index (Phi) is 8.33. The van der Waals surface area contributed by atoms with Crippen LogP contribution in [-0.2, 0) is 9.47 Å². The van der Waals surface area contributed by atoms with E-state index in [0.717, 1.165) is 39.1 Å². The van der Waals surface area contributed by atoms with Crippen LogP contribution in [0.3, 0.4) is 0 Å². The van der Waals surface area contributed by atoms with Crippen molar-refractivity contribution in [2.45, 2.75) is 38.8 Å². The first-order valence-electron chi connectivity index (χ1n) is 10.9. The van der Waals surface area contributed by atoms with E-state index in [1.54, 1.807) is 4.90 Å². The van der Waals surface area contributed by atoms with Gasteiger partial charge in [0, 0.05) is 32.2 Å². The number of likely N-dealkylation sites (tertiary alicyclic amines) is 1. The van der Waals surface area contributed by atoms with E-state index in [4.69, 9.17) is 15.2 Å². The van der Waals surface area contributed by atoms with Crippen molar-refractivity contribution in [3.8, 4) is 0 Å². The van der Waals surface area contributed by atoms with Gasteiger partial charge in [0.2, 0.25) is 0 Å². The number of rotatable bonds is 6. The zero-order valence-electron chi connectivity index (χ0n) is 18.2. The number of aryl methyl sites for hydroxylation is 1. The Balaban J connectivity index is 1.56. The second kappa shape index (κ2) is 11.2. The second-order valence-corrected chi connectivity index (χ2v) is 7.91. The largest absolute Gasteiger partial charge is 0.450 e. The molecule has 2 aliphatic rings. The number of piperidine rings is 1. The Morgan fingerprint density at radius 1 is 1.23 bits per heavy atom.